The first-order valence-corrected chi connectivity index (χ1v) is 4.87. The molecule has 14 heavy (non-hydrogen) atoms. The van der Waals surface area contributed by atoms with Gasteiger partial charge in [-0.2, -0.15) is 0 Å². The van der Waals surface area contributed by atoms with Crippen LogP contribution in [0.2, 0.25) is 0 Å². The van der Waals surface area contributed by atoms with Crippen molar-refractivity contribution in [3.05, 3.63) is 22.0 Å². The minimum absolute atomic E-state index is 0. The van der Waals surface area contributed by atoms with Gasteiger partial charge in [-0.05, 0) is 0 Å². The molecule has 0 amide bonds. The van der Waals surface area contributed by atoms with Crippen LogP contribution in [0.5, 0.6) is 0 Å². The van der Waals surface area contributed by atoms with Crippen molar-refractivity contribution in [2.75, 3.05) is 0 Å². The van der Waals surface area contributed by atoms with Crippen LogP contribution in [0.25, 0.3) is 0 Å². The summed E-state index contributed by atoms with van der Waals surface area (Å²) in [5.74, 6) is 0. The molecule has 1 aliphatic carbocycles. The van der Waals surface area contributed by atoms with Crippen LogP contribution in [0.4, 0.5) is 0 Å². The molecule has 0 aliphatic heterocycles. The Labute approximate surface area is 115 Å². The van der Waals surface area contributed by atoms with Gasteiger partial charge in [-0.1, -0.05) is 0 Å². The summed E-state index contributed by atoms with van der Waals surface area (Å²) in [5, 5.41) is 0. The monoisotopic (exact) mass is 291 g/mol. The van der Waals surface area contributed by atoms with Crippen molar-refractivity contribution in [3.63, 3.8) is 0 Å². The van der Waals surface area contributed by atoms with Crippen molar-refractivity contribution in [3.8, 4) is 0 Å². The van der Waals surface area contributed by atoms with Gasteiger partial charge in [0.2, 0.25) is 0 Å². The van der Waals surface area contributed by atoms with Gasteiger partial charge in [-0.15, -0.1) is 0 Å². The van der Waals surface area contributed by atoms with Gasteiger partial charge in [0.25, 0.3) is 0 Å². The van der Waals surface area contributed by atoms with Crippen LogP contribution in [0.15, 0.2) is 22.0 Å². The zero-order chi connectivity index (χ0) is 8.48. The third kappa shape index (κ3) is 4.64. The number of allylic oxidation sites excluding steroid dienone is 4. The van der Waals surface area contributed by atoms with E-state index in [-0.39, 0.29) is 37.2 Å². The molecule has 0 saturated carbocycles. The Hall–Kier alpha value is 0.934. The van der Waals surface area contributed by atoms with Crippen molar-refractivity contribution >= 4 is 0 Å². The fourth-order valence-electron chi connectivity index (χ4n) is 1.30. The Balaban J connectivity index is -0.000000403. The zero-order valence-electron chi connectivity index (χ0n) is 8.65. The maximum absolute atomic E-state index is 2.69. The van der Waals surface area contributed by atoms with E-state index >= 15 is 0 Å². The van der Waals surface area contributed by atoms with Crippen molar-refractivity contribution in [1.82, 2.24) is 0 Å². The van der Waals surface area contributed by atoms with Crippen LogP contribution in [0, 0.1) is 5.41 Å². The van der Waals surface area contributed by atoms with Crippen molar-refractivity contribution in [2.24, 2.45) is 5.41 Å². The molecule has 1 rings (SSSR count). The second-order valence-corrected chi connectivity index (χ2v) is 4.55. The SMILES string of the molecule is CCC(C)(C)C1=[C]([V+3])CC=C1.[Cl-].[Cl-].[Cl-]. The Morgan fingerprint density at radius 1 is 1.29 bits per heavy atom. The molecule has 0 nitrogen and oxygen atoms in total. The van der Waals surface area contributed by atoms with Crippen molar-refractivity contribution in [1.29, 1.82) is 0 Å². The molecule has 0 unspecified atom stereocenters. The minimum Gasteiger partial charge on any atom is -1.00 e. The zero-order valence-corrected chi connectivity index (χ0v) is 12.3. The summed E-state index contributed by atoms with van der Waals surface area (Å²) in [5.41, 5.74) is 1.90. The third-order valence-corrected chi connectivity index (χ3v) is 3.18. The first kappa shape index (κ1) is 20.4. The van der Waals surface area contributed by atoms with Gasteiger partial charge in [0.1, 0.15) is 0 Å². The van der Waals surface area contributed by atoms with E-state index < -0.39 is 0 Å². The van der Waals surface area contributed by atoms with E-state index in [0.29, 0.717) is 5.41 Å². The standard InChI is InChI=1S/C10H15.3ClH.V/c1-4-10(2,3)9-7-5-6-8-9;;;;/h5,7H,4,6H2,1-3H3;3*1H;/q;;;;+3/p-3. The summed E-state index contributed by atoms with van der Waals surface area (Å²) >= 11 is 2.69. The van der Waals surface area contributed by atoms with Crippen LogP contribution >= 0.6 is 0 Å². The van der Waals surface area contributed by atoms with Gasteiger partial charge in [-0.3, -0.25) is 0 Å². The molecule has 0 aromatic rings. The maximum Gasteiger partial charge on any atom is -1.00 e. The summed E-state index contributed by atoms with van der Waals surface area (Å²) < 4.78 is 1.49. The molecule has 4 heteroatoms. The topological polar surface area (TPSA) is 0 Å². The smallest absolute Gasteiger partial charge is 1.00 e. The Morgan fingerprint density at radius 3 is 2.07 bits per heavy atom. The number of hydrogen-bond donors (Lipinski definition) is 0. The molecular formula is C10H15Cl3V. The fourth-order valence-corrected chi connectivity index (χ4v) is 2.05. The first-order valence-electron chi connectivity index (χ1n) is 4.17. The quantitative estimate of drug-likeness (QED) is 0.476. The Morgan fingerprint density at radius 2 is 1.79 bits per heavy atom. The molecule has 81 valence electrons. The van der Waals surface area contributed by atoms with E-state index in [4.69, 9.17) is 0 Å². The molecule has 0 N–H and O–H groups in total. The molecule has 0 saturated heterocycles. The molecule has 0 aromatic heterocycles. The molecule has 0 radical (unpaired) electrons. The summed E-state index contributed by atoms with van der Waals surface area (Å²) in [7, 11) is 0. The number of halogens is 3. The van der Waals surface area contributed by atoms with E-state index in [1.54, 1.807) is 0 Å². The summed E-state index contributed by atoms with van der Waals surface area (Å²) in [6.45, 7) is 6.87. The Kier molecular flexibility index (Phi) is 11.8. The molecule has 0 bridgehead atoms. The predicted octanol–water partition coefficient (Wildman–Crippen LogP) is -5.80. The third-order valence-electron chi connectivity index (χ3n) is 2.52. The van der Waals surface area contributed by atoms with Gasteiger partial charge in [0.15, 0.2) is 0 Å². The molecule has 0 atom stereocenters. The summed E-state index contributed by atoms with van der Waals surface area (Å²) in [6.07, 6.45) is 6.88. The van der Waals surface area contributed by atoms with Gasteiger partial charge >= 0.3 is 78.5 Å². The van der Waals surface area contributed by atoms with Gasteiger partial charge in [0, 0.05) is 0 Å². The van der Waals surface area contributed by atoms with Crippen LogP contribution in [0.3, 0.4) is 0 Å². The van der Waals surface area contributed by atoms with Crippen LogP contribution in [0.1, 0.15) is 33.6 Å². The van der Waals surface area contributed by atoms with Crippen LogP contribution < -0.4 is 37.2 Å². The van der Waals surface area contributed by atoms with E-state index in [0.717, 1.165) is 6.42 Å². The summed E-state index contributed by atoms with van der Waals surface area (Å²) in [4.78, 5) is 0. The maximum atomic E-state index is 2.69. The van der Waals surface area contributed by atoms with Gasteiger partial charge in [-0.25, -0.2) is 0 Å². The molecule has 0 aromatic carbocycles. The summed E-state index contributed by atoms with van der Waals surface area (Å²) in [6, 6.07) is 0. The minimum atomic E-state index is 0. The van der Waals surface area contributed by atoms with Gasteiger partial charge < -0.3 is 37.2 Å². The van der Waals surface area contributed by atoms with Gasteiger partial charge in [0.05, 0.1) is 0 Å². The first-order chi connectivity index (χ1) is 5.08. The normalized spacial score (nSPS) is 14.4. The van der Waals surface area contributed by atoms with Crippen LogP contribution in [-0.4, -0.2) is 0 Å². The van der Waals surface area contributed by atoms with E-state index in [9.17, 15) is 0 Å². The van der Waals surface area contributed by atoms with Crippen molar-refractivity contribution < 1.29 is 54.6 Å². The van der Waals surface area contributed by atoms with Crippen LogP contribution in [-0.2, 0) is 17.4 Å². The predicted molar refractivity (Wildman–Crippen MR) is 44.9 cm³/mol. The van der Waals surface area contributed by atoms with E-state index in [2.05, 4.69) is 50.3 Å². The average Bonchev–Trinajstić information content (AvgIpc) is 2.36. The second kappa shape index (κ2) is 8.13. The molecule has 0 spiro atoms. The molecular weight excluding hydrogens is 277 g/mol. The largest absolute Gasteiger partial charge is 1.00 e. The molecule has 0 fully saturated rings. The van der Waals surface area contributed by atoms with Crippen molar-refractivity contribution in [2.45, 2.75) is 33.6 Å². The second-order valence-electron chi connectivity index (χ2n) is 3.70. The average molecular weight is 293 g/mol. The molecule has 1 aliphatic rings. The van der Waals surface area contributed by atoms with E-state index in [1.807, 2.05) is 0 Å². The fraction of sp³-hybridized carbons (Fsp3) is 0.600. The number of rotatable bonds is 2. The Bertz CT molecular complexity index is 219. The molecule has 0 heterocycles. The van der Waals surface area contributed by atoms with E-state index in [1.165, 1.54) is 16.3 Å². The number of hydrogen-bond acceptors (Lipinski definition) is 0.